The first-order valence-electron chi connectivity index (χ1n) is 7.96. The van der Waals surface area contributed by atoms with Crippen LogP contribution in [0, 0.1) is 5.92 Å². The molecule has 0 heterocycles. The van der Waals surface area contributed by atoms with Crippen LogP contribution in [0.2, 0.25) is 5.02 Å². The number of carbonyl (C=O) groups excluding carboxylic acids is 2. The van der Waals surface area contributed by atoms with Crippen LogP contribution >= 0.6 is 11.6 Å². The maximum absolute atomic E-state index is 12.4. The molecule has 25 heavy (non-hydrogen) atoms. The van der Waals surface area contributed by atoms with Gasteiger partial charge >= 0.3 is 5.97 Å². The zero-order valence-corrected chi connectivity index (χ0v) is 15.0. The molecule has 0 aliphatic carbocycles. The maximum atomic E-state index is 12.4. The molecule has 0 aromatic heterocycles. The van der Waals surface area contributed by atoms with Crippen LogP contribution in [0.1, 0.15) is 37.0 Å². The molecule has 1 rings (SSSR count). The molecule has 0 aliphatic rings. The number of carboxylic acid groups (broad SMARTS) is 1. The molecule has 0 saturated heterocycles. The van der Waals surface area contributed by atoms with Gasteiger partial charge in [-0.05, 0) is 43.0 Å². The van der Waals surface area contributed by atoms with Crippen LogP contribution in [0.25, 0.3) is 0 Å². The first kappa shape index (κ1) is 20.7. The highest BCUT2D eigenvalue weighted by atomic mass is 35.5. The Kier molecular flexibility index (Phi) is 8.15. The van der Waals surface area contributed by atoms with E-state index in [1.54, 1.807) is 44.2 Å². The van der Waals surface area contributed by atoms with Crippen molar-refractivity contribution in [3.63, 3.8) is 0 Å². The van der Waals surface area contributed by atoms with E-state index in [1.165, 1.54) is 0 Å². The van der Waals surface area contributed by atoms with Crippen molar-refractivity contribution in [2.45, 2.75) is 38.8 Å². The molecule has 0 saturated carbocycles. The number of amides is 2. The lowest BCUT2D eigenvalue weighted by atomic mass is 10.0. The summed E-state index contributed by atoms with van der Waals surface area (Å²) in [6.07, 6.45) is 2.28. The molecule has 0 fully saturated rings. The van der Waals surface area contributed by atoms with Gasteiger partial charge in [0.2, 0.25) is 5.91 Å². The maximum Gasteiger partial charge on any atom is 0.326 e. The number of aliphatic carboxylic acids is 1. The van der Waals surface area contributed by atoms with Crippen molar-refractivity contribution < 1.29 is 19.5 Å². The summed E-state index contributed by atoms with van der Waals surface area (Å²) in [5.41, 5.74) is 0.365. The molecule has 1 aromatic rings. The number of nitrogens with one attached hydrogen (secondary N) is 2. The minimum Gasteiger partial charge on any atom is -0.480 e. The van der Waals surface area contributed by atoms with Crippen LogP contribution in [0.3, 0.4) is 0 Å². The van der Waals surface area contributed by atoms with Gasteiger partial charge in [0.15, 0.2) is 0 Å². The fourth-order valence-electron chi connectivity index (χ4n) is 2.16. The normalized spacial score (nSPS) is 13.0. The van der Waals surface area contributed by atoms with Gasteiger partial charge in [-0.25, -0.2) is 4.79 Å². The molecule has 6 nitrogen and oxygen atoms in total. The van der Waals surface area contributed by atoms with Crippen LogP contribution in [0.5, 0.6) is 0 Å². The molecule has 0 bridgehead atoms. The Morgan fingerprint density at radius 2 is 1.80 bits per heavy atom. The van der Waals surface area contributed by atoms with Crippen molar-refractivity contribution in [1.82, 2.24) is 10.6 Å². The van der Waals surface area contributed by atoms with Gasteiger partial charge in [-0.1, -0.05) is 31.5 Å². The van der Waals surface area contributed by atoms with Gasteiger partial charge in [0.05, 0.1) is 0 Å². The molecular formula is C18H23ClN2O4. The number of benzene rings is 1. The van der Waals surface area contributed by atoms with Gasteiger partial charge < -0.3 is 15.7 Å². The highest BCUT2D eigenvalue weighted by Crippen LogP contribution is 2.11. The zero-order chi connectivity index (χ0) is 19.0. The van der Waals surface area contributed by atoms with E-state index in [1.807, 2.05) is 0 Å². The summed E-state index contributed by atoms with van der Waals surface area (Å²) in [5.74, 6) is -2.30. The predicted molar refractivity (Wildman–Crippen MR) is 96.5 cm³/mol. The van der Waals surface area contributed by atoms with E-state index in [-0.39, 0.29) is 12.3 Å². The summed E-state index contributed by atoms with van der Waals surface area (Å²) < 4.78 is 0. The summed E-state index contributed by atoms with van der Waals surface area (Å²) in [7, 11) is 0. The van der Waals surface area contributed by atoms with E-state index < -0.39 is 29.9 Å². The zero-order valence-electron chi connectivity index (χ0n) is 14.3. The second kappa shape index (κ2) is 9.84. The van der Waals surface area contributed by atoms with Gasteiger partial charge in [-0.15, -0.1) is 6.58 Å². The molecular weight excluding hydrogens is 344 g/mol. The monoisotopic (exact) mass is 366 g/mol. The molecule has 7 heteroatoms. The summed E-state index contributed by atoms with van der Waals surface area (Å²) in [6, 6.07) is 4.38. The van der Waals surface area contributed by atoms with Gasteiger partial charge in [-0.2, -0.15) is 0 Å². The van der Waals surface area contributed by atoms with E-state index in [0.717, 1.165) is 0 Å². The van der Waals surface area contributed by atoms with Crippen molar-refractivity contribution in [1.29, 1.82) is 0 Å². The Balaban J connectivity index is 2.82. The SMILES string of the molecule is C=CCCC(NC(=O)C(NC(=O)c1ccc(Cl)cc1)C(C)C)C(=O)O. The number of carboxylic acids is 1. The third kappa shape index (κ3) is 6.58. The summed E-state index contributed by atoms with van der Waals surface area (Å²) in [6.45, 7) is 7.08. The third-order valence-corrected chi connectivity index (χ3v) is 3.87. The quantitative estimate of drug-likeness (QED) is 0.585. The largest absolute Gasteiger partial charge is 0.480 e. The standard InChI is InChI=1S/C18H23ClN2O4/c1-4-5-6-14(18(24)25)20-17(23)15(11(2)3)21-16(22)12-7-9-13(19)10-8-12/h4,7-11,14-15H,1,5-6H2,2-3H3,(H,20,23)(H,21,22)(H,24,25). The highest BCUT2D eigenvalue weighted by molar-refractivity contribution is 6.30. The van der Waals surface area contributed by atoms with E-state index >= 15 is 0 Å². The Labute approximate surface area is 152 Å². The fraction of sp³-hybridized carbons (Fsp3) is 0.389. The number of carbonyl (C=O) groups is 3. The average Bonchev–Trinajstić information content (AvgIpc) is 2.56. The van der Waals surface area contributed by atoms with Crippen molar-refractivity contribution in [3.8, 4) is 0 Å². The Bertz CT molecular complexity index is 628. The van der Waals surface area contributed by atoms with Crippen LogP contribution in [-0.4, -0.2) is 35.0 Å². The number of rotatable bonds is 9. The molecule has 1 aromatic carbocycles. The molecule has 136 valence electrons. The van der Waals surface area contributed by atoms with E-state index in [9.17, 15) is 19.5 Å². The van der Waals surface area contributed by atoms with E-state index in [0.29, 0.717) is 17.0 Å². The van der Waals surface area contributed by atoms with Gasteiger partial charge in [0, 0.05) is 10.6 Å². The summed E-state index contributed by atoms with van der Waals surface area (Å²) in [5, 5.41) is 14.8. The number of halogens is 1. The molecule has 0 aliphatic heterocycles. The van der Waals surface area contributed by atoms with Crippen molar-refractivity contribution in [2.75, 3.05) is 0 Å². The third-order valence-electron chi connectivity index (χ3n) is 3.62. The first-order valence-corrected chi connectivity index (χ1v) is 8.34. The van der Waals surface area contributed by atoms with E-state index in [2.05, 4.69) is 17.2 Å². The van der Waals surface area contributed by atoms with Crippen LogP contribution in [0.4, 0.5) is 0 Å². The van der Waals surface area contributed by atoms with Crippen molar-refractivity contribution in [2.24, 2.45) is 5.92 Å². The van der Waals surface area contributed by atoms with Crippen LogP contribution in [0.15, 0.2) is 36.9 Å². The Morgan fingerprint density at radius 3 is 2.28 bits per heavy atom. The number of hydrogen-bond acceptors (Lipinski definition) is 3. The second-order valence-corrected chi connectivity index (χ2v) is 6.40. The minimum absolute atomic E-state index is 0.218. The van der Waals surface area contributed by atoms with Crippen molar-refractivity contribution >= 4 is 29.4 Å². The number of allylic oxidation sites excluding steroid dienone is 1. The van der Waals surface area contributed by atoms with Crippen LogP contribution in [-0.2, 0) is 9.59 Å². The number of hydrogen-bond donors (Lipinski definition) is 3. The molecule has 0 radical (unpaired) electrons. The predicted octanol–water partition coefficient (Wildman–Crippen LogP) is 2.63. The Morgan fingerprint density at radius 1 is 1.20 bits per heavy atom. The fourth-order valence-corrected chi connectivity index (χ4v) is 2.29. The van der Waals surface area contributed by atoms with Crippen molar-refractivity contribution in [3.05, 3.63) is 47.5 Å². The lowest BCUT2D eigenvalue weighted by molar-refractivity contribution is -0.142. The minimum atomic E-state index is -1.12. The lowest BCUT2D eigenvalue weighted by Crippen LogP contribution is -2.53. The van der Waals surface area contributed by atoms with E-state index in [4.69, 9.17) is 11.6 Å². The lowest BCUT2D eigenvalue weighted by Gasteiger charge is -2.24. The summed E-state index contributed by atoms with van der Waals surface area (Å²) in [4.78, 5) is 36.0. The average molecular weight is 367 g/mol. The first-order chi connectivity index (χ1) is 11.8. The molecule has 0 spiro atoms. The smallest absolute Gasteiger partial charge is 0.326 e. The highest BCUT2D eigenvalue weighted by Gasteiger charge is 2.28. The Hall–Kier alpha value is -2.34. The molecule has 2 atom stereocenters. The van der Waals surface area contributed by atoms with Gasteiger partial charge in [0.25, 0.3) is 5.91 Å². The molecule has 3 N–H and O–H groups in total. The van der Waals surface area contributed by atoms with Gasteiger partial charge in [-0.3, -0.25) is 9.59 Å². The topological polar surface area (TPSA) is 95.5 Å². The summed E-state index contributed by atoms with van der Waals surface area (Å²) >= 11 is 5.79. The molecule has 2 unspecified atom stereocenters. The van der Waals surface area contributed by atoms with Gasteiger partial charge in [0.1, 0.15) is 12.1 Å². The second-order valence-electron chi connectivity index (χ2n) is 5.97. The van der Waals surface area contributed by atoms with Crippen LogP contribution < -0.4 is 10.6 Å². The molecule has 2 amide bonds.